The summed E-state index contributed by atoms with van der Waals surface area (Å²) in [5.41, 5.74) is 5.81. The highest BCUT2D eigenvalue weighted by Crippen LogP contribution is 2.24. The molecule has 0 aliphatic rings. The predicted molar refractivity (Wildman–Crippen MR) is 71.4 cm³/mol. The molecule has 1 heterocycles. The number of ether oxygens (including phenoxy) is 2. The van der Waals surface area contributed by atoms with E-state index in [1.54, 1.807) is 6.07 Å². The van der Waals surface area contributed by atoms with Crippen LogP contribution in [-0.2, 0) is 4.74 Å². The van der Waals surface area contributed by atoms with E-state index in [0.717, 1.165) is 0 Å². The molecule has 0 spiro atoms. The zero-order chi connectivity index (χ0) is 13.5. The van der Waals surface area contributed by atoms with Crippen LogP contribution in [0.25, 0.3) is 0 Å². The number of hydrogen-bond donors (Lipinski definition) is 2. The molecule has 0 aromatic carbocycles. The number of aromatic nitrogens is 1. The maximum absolute atomic E-state index is 7.35. The minimum absolute atomic E-state index is 0.108. The summed E-state index contributed by atoms with van der Waals surface area (Å²) >= 11 is 6.02. The van der Waals surface area contributed by atoms with Crippen molar-refractivity contribution in [3.63, 3.8) is 0 Å². The van der Waals surface area contributed by atoms with Crippen LogP contribution in [0.2, 0.25) is 5.02 Å². The van der Waals surface area contributed by atoms with Crippen LogP contribution in [0.15, 0.2) is 12.3 Å². The lowest BCUT2D eigenvalue weighted by atomic mass is 10.2. The van der Waals surface area contributed by atoms with Gasteiger partial charge in [-0.15, -0.1) is 0 Å². The topological polar surface area (TPSA) is 81.2 Å². The number of hydrogen-bond acceptors (Lipinski definition) is 4. The Balaban J connectivity index is 2.48. The molecule has 0 aliphatic carbocycles. The number of halogens is 1. The van der Waals surface area contributed by atoms with Crippen molar-refractivity contribution in [3.05, 3.63) is 22.8 Å². The molecule has 5 nitrogen and oxygen atoms in total. The Kier molecular flexibility index (Phi) is 5.88. The van der Waals surface area contributed by atoms with Crippen molar-refractivity contribution in [1.29, 1.82) is 5.41 Å². The van der Waals surface area contributed by atoms with E-state index in [1.807, 2.05) is 0 Å². The number of pyridine rings is 1. The fraction of sp³-hybridized carbons (Fsp3) is 0.500. The van der Waals surface area contributed by atoms with Crippen molar-refractivity contribution in [2.45, 2.75) is 13.8 Å². The summed E-state index contributed by atoms with van der Waals surface area (Å²) in [7, 11) is 0. The van der Waals surface area contributed by atoms with Gasteiger partial charge >= 0.3 is 0 Å². The lowest BCUT2D eigenvalue weighted by Gasteiger charge is -2.10. The second-order valence-corrected chi connectivity index (χ2v) is 4.59. The Morgan fingerprint density at radius 2 is 2.22 bits per heavy atom. The van der Waals surface area contributed by atoms with Crippen molar-refractivity contribution in [3.8, 4) is 5.88 Å². The summed E-state index contributed by atoms with van der Waals surface area (Å²) < 4.78 is 10.8. The van der Waals surface area contributed by atoms with Crippen LogP contribution in [0.1, 0.15) is 19.4 Å². The highest BCUT2D eigenvalue weighted by Gasteiger charge is 2.10. The molecule has 1 rings (SSSR count). The fourth-order valence-electron chi connectivity index (χ4n) is 1.25. The third-order valence-electron chi connectivity index (χ3n) is 2.07. The van der Waals surface area contributed by atoms with E-state index < -0.39 is 0 Å². The molecular weight excluding hydrogens is 254 g/mol. The van der Waals surface area contributed by atoms with E-state index in [9.17, 15) is 0 Å². The highest BCUT2D eigenvalue weighted by atomic mass is 35.5. The Hall–Kier alpha value is -1.33. The van der Waals surface area contributed by atoms with Crippen molar-refractivity contribution < 1.29 is 9.47 Å². The van der Waals surface area contributed by atoms with E-state index in [1.165, 1.54) is 6.20 Å². The molecule has 0 fully saturated rings. The lowest BCUT2D eigenvalue weighted by Crippen LogP contribution is -2.14. The molecule has 6 heteroatoms. The molecule has 0 atom stereocenters. The first kappa shape index (κ1) is 14.7. The van der Waals surface area contributed by atoms with Gasteiger partial charge in [0.15, 0.2) is 0 Å². The summed E-state index contributed by atoms with van der Waals surface area (Å²) in [5, 5.41) is 7.61. The van der Waals surface area contributed by atoms with E-state index in [4.69, 9.17) is 32.2 Å². The van der Waals surface area contributed by atoms with Crippen molar-refractivity contribution in [1.82, 2.24) is 4.98 Å². The molecule has 0 aliphatic heterocycles. The number of amidine groups is 1. The van der Waals surface area contributed by atoms with Gasteiger partial charge in [0.05, 0.1) is 6.61 Å². The lowest BCUT2D eigenvalue weighted by molar-refractivity contribution is 0.0806. The van der Waals surface area contributed by atoms with Gasteiger partial charge in [0, 0.05) is 18.4 Å². The van der Waals surface area contributed by atoms with Gasteiger partial charge in [0.2, 0.25) is 5.88 Å². The monoisotopic (exact) mass is 271 g/mol. The van der Waals surface area contributed by atoms with Crippen molar-refractivity contribution in [2.24, 2.45) is 11.7 Å². The van der Waals surface area contributed by atoms with Crippen LogP contribution >= 0.6 is 11.6 Å². The summed E-state index contributed by atoms with van der Waals surface area (Å²) in [6, 6.07) is 1.58. The van der Waals surface area contributed by atoms with Crippen LogP contribution in [0.5, 0.6) is 5.88 Å². The standard InChI is InChI=1S/C12H18ClN3O2/c1-8(2)7-17-5-6-18-12-10(13)9(11(14)15)3-4-16-12/h3-4,8H,5-7H2,1-2H3,(H3,14,15). The highest BCUT2D eigenvalue weighted by molar-refractivity contribution is 6.35. The smallest absolute Gasteiger partial charge is 0.233 e. The minimum Gasteiger partial charge on any atom is -0.474 e. The molecule has 3 N–H and O–H groups in total. The van der Waals surface area contributed by atoms with Gasteiger partial charge in [0.25, 0.3) is 0 Å². The average Bonchev–Trinajstić information content (AvgIpc) is 2.30. The van der Waals surface area contributed by atoms with E-state index in [2.05, 4.69) is 18.8 Å². The Morgan fingerprint density at radius 3 is 2.83 bits per heavy atom. The molecule has 0 radical (unpaired) electrons. The van der Waals surface area contributed by atoms with Gasteiger partial charge in [0.1, 0.15) is 17.5 Å². The van der Waals surface area contributed by atoms with Crippen molar-refractivity contribution >= 4 is 17.4 Å². The molecule has 18 heavy (non-hydrogen) atoms. The minimum atomic E-state index is -0.108. The van der Waals surface area contributed by atoms with Crippen LogP contribution < -0.4 is 10.5 Å². The maximum atomic E-state index is 7.35. The Bertz CT molecular complexity index is 410. The van der Waals surface area contributed by atoms with Gasteiger partial charge in [-0.2, -0.15) is 0 Å². The summed E-state index contributed by atoms with van der Waals surface area (Å²) in [4.78, 5) is 3.99. The number of nitrogens with one attached hydrogen (secondary N) is 1. The van der Waals surface area contributed by atoms with E-state index >= 15 is 0 Å². The van der Waals surface area contributed by atoms with Gasteiger partial charge in [-0.25, -0.2) is 4.98 Å². The molecule has 1 aromatic rings. The zero-order valence-electron chi connectivity index (χ0n) is 10.6. The van der Waals surface area contributed by atoms with Crippen LogP contribution in [0.3, 0.4) is 0 Å². The molecule has 0 saturated carbocycles. The van der Waals surface area contributed by atoms with Crippen LogP contribution in [0, 0.1) is 11.3 Å². The zero-order valence-corrected chi connectivity index (χ0v) is 11.3. The Morgan fingerprint density at radius 1 is 1.50 bits per heavy atom. The van der Waals surface area contributed by atoms with E-state index in [0.29, 0.717) is 31.3 Å². The normalized spacial score (nSPS) is 10.7. The number of nitrogens with zero attached hydrogens (tertiary/aromatic N) is 1. The molecular formula is C12H18ClN3O2. The van der Waals surface area contributed by atoms with Crippen molar-refractivity contribution in [2.75, 3.05) is 19.8 Å². The first-order chi connectivity index (χ1) is 8.52. The number of nitrogens with two attached hydrogens (primary N) is 1. The van der Waals surface area contributed by atoms with Crippen LogP contribution in [-0.4, -0.2) is 30.6 Å². The van der Waals surface area contributed by atoms with Gasteiger partial charge in [-0.1, -0.05) is 25.4 Å². The molecule has 100 valence electrons. The van der Waals surface area contributed by atoms with E-state index in [-0.39, 0.29) is 16.7 Å². The third-order valence-corrected chi connectivity index (χ3v) is 2.43. The summed E-state index contributed by atoms with van der Waals surface area (Å²) in [6.45, 7) is 5.69. The first-order valence-corrected chi connectivity index (χ1v) is 6.09. The van der Waals surface area contributed by atoms with Gasteiger partial charge in [-0.05, 0) is 12.0 Å². The SMILES string of the molecule is CC(C)COCCOc1nccc(C(=N)N)c1Cl. The predicted octanol–water partition coefficient (Wildman–Crippen LogP) is 2.07. The summed E-state index contributed by atoms with van der Waals surface area (Å²) in [5.74, 6) is 0.661. The maximum Gasteiger partial charge on any atom is 0.233 e. The fourth-order valence-corrected chi connectivity index (χ4v) is 1.52. The molecule has 0 bridgehead atoms. The molecule has 1 aromatic heterocycles. The second-order valence-electron chi connectivity index (χ2n) is 4.21. The van der Waals surface area contributed by atoms with Gasteiger partial charge < -0.3 is 15.2 Å². The molecule has 0 saturated heterocycles. The largest absolute Gasteiger partial charge is 0.474 e. The molecule has 0 unspecified atom stereocenters. The second kappa shape index (κ2) is 7.18. The number of nitrogen functional groups attached to an aromatic ring is 1. The summed E-state index contributed by atoms with van der Waals surface area (Å²) in [6.07, 6.45) is 1.51. The Labute approximate surface area is 112 Å². The number of rotatable bonds is 7. The van der Waals surface area contributed by atoms with Crippen LogP contribution in [0.4, 0.5) is 0 Å². The third kappa shape index (κ3) is 4.50. The first-order valence-electron chi connectivity index (χ1n) is 5.71. The average molecular weight is 272 g/mol. The quantitative estimate of drug-likeness (QED) is 0.452. The van der Waals surface area contributed by atoms with Gasteiger partial charge in [-0.3, -0.25) is 5.41 Å². The molecule has 0 amide bonds.